The largest absolute Gasteiger partial charge is 0.379 e. The first-order chi connectivity index (χ1) is 15.9. The number of aromatic nitrogens is 3. The summed E-state index contributed by atoms with van der Waals surface area (Å²) in [7, 11) is -3.82. The van der Waals surface area contributed by atoms with E-state index >= 15 is 0 Å². The molecular formula is C22H24ClN5O4S. The van der Waals surface area contributed by atoms with Crippen LogP contribution in [0.15, 0.2) is 47.5 Å². The van der Waals surface area contributed by atoms with Gasteiger partial charge in [-0.15, -0.1) is 10.2 Å². The van der Waals surface area contributed by atoms with Crippen LogP contribution in [-0.4, -0.2) is 77.5 Å². The molecule has 3 aromatic rings. The smallest absolute Gasteiger partial charge is 0.253 e. The summed E-state index contributed by atoms with van der Waals surface area (Å²) >= 11 is 6.26. The number of hydrogen-bond acceptors (Lipinski definition) is 6. The van der Waals surface area contributed by atoms with Crippen LogP contribution >= 0.6 is 11.6 Å². The molecule has 1 amide bonds. The molecule has 0 spiro atoms. The molecule has 11 heteroatoms. The van der Waals surface area contributed by atoms with Crippen LogP contribution in [0.3, 0.4) is 0 Å². The molecule has 33 heavy (non-hydrogen) atoms. The molecule has 2 aliphatic heterocycles. The maximum atomic E-state index is 13.4. The van der Waals surface area contributed by atoms with Crippen molar-refractivity contribution in [2.24, 2.45) is 0 Å². The van der Waals surface area contributed by atoms with Gasteiger partial charge in [-0.2, -0.15) is 4.31 Å². The fourth-order valence-electron chi connectivity index (χ4n) is 4.45. The number of pyridine rings is 1. The number of morpholine rings is 1. The second-order valence-corrected chi connectivity index (χ2v) is 10.6. The Balaban J connectivity index is 1.39. The summed E-state index contributed by atoms with van der Waals surface area (Å²) in [5.74, 6) is 0.655. The Morgan fingerprint density at radius 3 is 2.73 bits per heavy atom. The molecule has 9 nitrogen and oxygen atoms in total. The third kappa shape index (κ3) is 4.23. The molecule has 2 aliphatic rings. The van der Waals surface area contributed by atoms with E-state index in [1.54, 1.807) is 11.0 Å². The van der Waals surface area contributed by atoms with Gasteiger partial charge < -0.3 is 9.64 Å². The number of carbonyl (C=O) groups excluding carboxylic acids is 1. The van der Waals surface area contributed by atoms with Crippen LogP contribution in [0.5, 0.6) is 0 Å². The minimum absolute atomic E-state index is 0.0453. The van der Waals surface area contributed by atoms with Crippen molar-refractivity contribution in [2.75, 3.05) is 39.4 Å². The number of hydrogen-bond donors (Lipinski definition) is 0. The molecule has 1 atom stereocenters. The number of sulfonamides is 1. The Labute approximate surface area is 197 Å². The molecule has 0 aliphatic carbocycles. The van der Waals surface area contributed by atoms with Crippen LogP contribution in [0.25, 0.3) is 5.65 Å². The topological polar surface area (TPSA) is 97.1 Å². The zero-order valence-electron chi connectivity index (χ0n) is 17.9. The van der Waals surface area contributed by atoms with Gasteiger partial charge in [-0.25, -0.2) is 8.42 Å². The van der Waals surface area contributed by atoms with E-state index in [1.165, 1.54) is 16.4 Å². The maximum Gasteiger partial charge on any atom is 0.253 e. The van der Waals surface area contributed by atoms with Crippen LogP contribution in [0.1, 0.15) is 34.9 Å². The SMILES string of the molecule is O=C(c1ccc(Cl)c(S(=O)(=O)N2CCOCC2)c1)N1CCC[C@H](c2nnc3ccccn23)C1. The van der Waals surface area contributed by atoms with E-state index in [0.29, 0.717) is 31.9 Å². The molecule has 4 heterocycles. The molecule has 0 radical (unpaired) electrons. The minimum atomic E-state index is -3.82. The summed E-state index contributed by atoms with van der Waals surface area (Å²) in [4.78, 5) is 15.1. The first kappa shape index (κ1) is 22.3. The zero-order valence-corrected chi connectivity index (χ0v) is 19.5. The number of piperidine rings is 1. The number of likely N-dealkylation sites (tertiary alicyclic amines) is 1. The summed E-state index contributed by atoms with van der Waals surface area (Å²) in [6.45, 7) is 2.28. The molecule has 2 fully saturated rings. The third-order valence-corrected chi connectivity index (χ3v) is 8.56. The number of rotatable bonds is 4. The van der Waals surface area contributed by atoms with E-state index in [4.69, 9.17) is 16.3 Å². The van der Waals surface area contributed by atoms with Gasteiger partial charge in [0, 0.05) is 43.9 Å². The molecule has 174 valence electrons. The third-order valence-electron chi connectivity index (χ3n) is 6.18. The van der Waals surface area contributed by atoms with Gasteiger partial charge in [0.25, 0.3) is 5.91 Å². The lowest BCUT2D eigenvalue weighted by Crippen LogP contribution is -2.41. The molecule has 0 saturated carbocycles. The van der Waals surface area contributed by atoms with Gasteiger partial charge in [0.2, 0.25) is 10.0 Å². The highest BCUT2D eigenvalue weighted by atomic mass is 35.5. The Hall–Kier alpha value is -2.53. The van der Waals surface area contributed by atoms with Crippen molar-refractivity contribution in [3.8, 4) is 0 Å². The van der Waals surface area contributed by atoms with Gasteiger partial charge in [0.1, 0.15) is 10.7 Å². The van der Waals surface area contributed by atoms with Crippen molar-refractivity contribution >= 4 is 33.2 Å². The van der Waals surface area contributed by atoms with Crippen LogP contribution < -0.4 is 0 Å². The second kappa shape index (κ2) is 9.02. The standard InChI is InChI=1S/C22H24ClN5O4S/c23-18-7-6-16(14-19(18)33(30,31)27-10-12-32-13-11-27)22(29)26-8-3-4-17(15-26)21-25-24-20-5-1-2-9-28(20)21/h1-2,5-7,9,14,17H,3-4,8,10-13,15H2/t17-/m0/s1. The summed E-state index contributed by atoms with van der Waals surface area (Å²) in [5, 5.41) is 8.69. The number of benzene rings is 1. The zero-order chi connectivity index (χ0) is 23.0. The monoisotopic (exact) mass is 489 g/mol. The van der Waals surface area contributed by atoms with Crippen molar-refractivity contribution in [2.45, 2.75) is 23.7 Å². The second-order valence-electron chi connectivity index (χ2n) is 8.24. The number of amides is 1. The van der Waals surface area contributed by atoms with E-state index in [1.807, 2.05) is 28.8 Å². The number of carbonyl (C=O) groups is 1. The number of halogens is 1. The summed E-state index contributed by atoms with van der Waals surface area (Å²) in [6.07, 6.45) is 3.65. The van der Waals surface area contributed by atoms with Crippen LogP contribution in [-0.2, 0) is 14.8 Å². The summed E-state index contributed by atoms with van der Waals surface area (Å²) < 4.78 is 34.8. The molecule has 1 aromatic carbocycles. The predicted octanol–water partition coefficient (Wildman–Crippen LogP) is 2.42. The Morgan fingerprint density at radius 2 is 1.91 bits per heavy atom. The highest BCUT2D eigenvalue weighted by molar-refractivity contribution is 7.89. The Bertz CT molecular complexity index is 1290. The molecule has 5 rings (SSSR count). The molecule has 0 N–H and O–H groups in total. The molecule has 0 unspecified atom stereocenters. The summed E-state index contributed by atoms with van der Waals surface area (Å²) in [6, 6.07) is 10.2. The first-order valence-electron chi connectivity index (χ1n) is 10.9. The lowest BCUT2D eigenvalue weighted by Gasteiger charge is -2.32. The van der Waals surface area contributed by atoms with E-state index in [2.05, 4.69) is 10.2 Å². The van der Waals surface area contributed by atoms with Crippen LogP contribution in [0, 0.1) is 0 Å². The lowest BCUT2D eigenvalue weighted by molar-refractivity contribution is 0.0703. The van der Waals surface area contributed by atoms with Gasteiger partial charge in [0.05, 0.1) is 18.2 Å². The van der Waals surface area contributed by atoms with Gasteiger partial charge in [0.15, 0.2) is 5.65 Å². The van der Waals surface area contributed by atoms with Crippen molar-refractivity contribution in [1.82, 2.24) is 23.8 Å². The molecule has 0 bridgehead atoms. The number of nitrogens with zero attached hydrogens (tertiary/aromatic N) is 5. The van der Waals surface area contributed by atoms with Gasteiger partial charge in [-0.05, 0) is 43.2 Å². The van der Waals surface area contributed by atoms with E-state index in [0.717, 1.165) is 24.3 Å². The number of ether oxygens (including phenoxy) is 1. The van der Waals surface area contributed by atoms with Crippen molar-refractivity contribution in [3.05, 3.63) is 59.0 Å². The van der Waals surface area contributed by atoms with Gasteiger partial charge >= 0.3 is 0 Å². The van der Waals surface area contributed by atoms with Crippen molar-refractivity contribution in [1.29, 1.82) is 0 Å². The van der Waals surface area contributed by atoms with E-state index in [9.17, 15) is 13.2 Å². The van der Waals surface area contributed by atoms with Crippen LogP contribution in [0.4, 0.5) is 0 Å². The average Bonchev–Trinajstić information content (AvgIpc) is 3.29. The highest BCUT2D eigenvalue weighted by Gasteiger charge is 2.32. The van der Waals surface area contributed by atoms with Gasteiger partial charge in [-0.1, -0.05) is 17.7 Å². The molecule has 2 saturated heterocycles. The quantitative estimate of drug-likeness (QED) is 0.558. The molecular weight excluding hydrogens is 466 g/mol. The first-order valence-corrected chi connectivity index (χ1v) is 12.7. The van der Waals surface area contributed by atoms with E-state index < -0.39 is 10.0 Å². The van der Waals surface area contributed by atoms with Crippen molar-refractivity contribution < 1.29 is 17.9 Å². The number of fused-ring (bicyclic) bond motifs is 1. The molecule has 2 aromatic heterocycles. The minimum Gasteiger partial charge on any atom is -0.379 e. The highest BCUT2D eigenvalue weighted by Crippen LogP contribution is 2.30. The maximum absolute atomic E-state index is 13.4. The Kier molecular flexibility index (Phi) is 6.09. The van der Waals surface area contributed by atoms with Gasteiger partial charge in [-0.3, -0.25) is 9.20 Å². The normalized spacial score (nSPS) is 20.3. The lowest BCUT2D eigenvalue weighted by atomic mass is 9.96. The Morgan fingerprint density at radius 1 is 1.09 bits per heavy atom. The van der Waals surface area contributed by atoms with Crippen LogP contribution in [0.2, 0.25) is 5.02 Å². The van der Waals surface area contributed by atoms with E-state index in [-0.39, 0.29) is 34.8 Å². The van der Waals surface area contributed by atoms with Crippen molar-refractivity contribution in [3.63, 3.8) is 0 Å². The summed E-state index contributed by atoms with van der Waals surface area (Å²) in [5.41, 5.74) is 1.07. The fraction of sp³-hybridized carbons (Fsp3) is 0.409. The fourth-order valence-corrected chi connectivity index (χ4v) is 6.36. The predicted molar refractivity (Wildman–Crippen MR) is 122 cm³/mol. The average molecular weight is 490 g/mol.